The zero-order valence-electron chi connectivity index (χ0n) is 15.1. The van der Waals surface area contributed by atoms with E-state index in [0.717, 1.165) is 38.2 Å². The topological polar surface area (TPSA) is 49.6 Å². The molecule has 2 heterocycles. The second kappa shape index (κ2) is 8.61. The maximum Gasteiger partial charge on any atom is 0.244 e. The standard InChI is InChI=1S/C21H24ClN3O.ClH/c22-17-9-4-5-10-19(17)25-12-6-11-20(21(25)26)24-13-16(18(23)14-24)15-7-2-1-3-8-15;/h1-5,7-10,16,18,20H,6,11-14,23H2;1H/t16-,18+,20?;/m0./s1. The summed E-state index contributed by atoms with van der Waals surface area (Å²) < 4.78 is 0. The molecular weight excluding hydrogens is 381 g/mol. The number of nitrogens with zero attached hydrogens (tertiary/aromatic N) is 2. The van der Waals surface area contributed by atoms with Gasteiger partial charge in [0.15, 0.2) is 0 Å². The number of halogens is 2. The molecule has 4 nitrogen and oxygen atoms in total. The number of hydrogen-bond acceptors (Lipinski definition) is 3. The van der Waals surface area contributed by atoms with Gasteiger partial charge in [0.05, 0.1) is 16.8 Å². The Morgan fingerprint density at radius 3 is 2.44 bits per heavy atom. The van der Waals surface area contributed by atoms with Crippen LogP contribution >= 0.6 is 24.0 Å². The summed E-state index contributed by atoms with van der Waals surface area (Å²) in [4.78, 5) is 17.3. The highest BCUT2D eigenvalue weighted by molar-refractivity contribution is 6.33. The lowest BCUT2D eigenvalue weighted by molar-refractivity contribution is -0.125. The van der Waals surface area contributed by atoms with Gasteiger partial charge >= 0.3 is 0 Å². The molecule has 2 saturated heterocycles. The monoisotopic (exact) mass is 405 g/mol. The summed E-state index contributed by atoms with van der Waals surface area (Å²) in [6.45, 7) is 2.31. The number of anilines is 1. The van der Waals surface area contributed by atoms with Crippen molar-refractivity contribution in [2.75, 3.05) is 24.5 Å². The normalized spacial score (nSPS) is 26.1. The van der Waals surface area contributed by atoms with Crippen LogP contribution in [0.1, 0.15) is 24.3 Å². The van der Waals surface area contributed by atoms with Gasteiger partial charge in [-0.15, -0.1) is 12.4 Å². The molecule has 0 bridgehead atoms. The zero-order valence-corrected chi connectivity index (χ0v) is 16.7. The van der Waals surface area contributed by atoms with Crippen LogP contribution in [0.2, 0.25) is 5.02 Å². The SMILES string of the molecule is Cl.N[C@@H]1CN(C2CCCN(c3ccccc3Cl)C2=O)C[C@H]1c1ccccc1. The number of amides is 1. The first-order chi connectivity index (χ1) is 12.6. The summed E-state index contributed by atoms with van der Waals surface area (Å²) in [5.74, 6) is 0.421. The fraction of sp³-hybridized carbons (Fsp3) is 0.381. The second-order valence-corrected chi connectivity index (χ2v) is 7.64. The molecule has 1 amide bonds. The van der Waals surface area contributed by atoms with Gasteiger partial charge in [-0.1, -0.05) is 54.1 Å². The summed E-state index contributed by atoms with van der Waals surface area (Å²) in [6, 6.07) is 17.9. The highest BCUT2D eigenvalue weighted by atomic mass is 35.5. The minimum Gasteiger partial charge on any atom is -0.326 e. The van der Waals surface area contributed by atoms with Crippen molar-refractivity contribution in [2.45, 2.75) is 30.8 Å². The predicted octanol–water partition coefficient (Wildman–Crippen LogP) is 3.68. The van der Waals surface area contributed by atoms with Crippen LogP contribution in [0.5, 0.6) is 0 Å². The number of hydrogen-bond donors (Lipinski definition) is 1. The van der Waals surface area contributed by atoms with E-state index in [1.807, 2.05) is 35.2 Å². The third kappa shape index (κ3) is 3.99. The Morgan fingerprint density at radius 2 is 1.70 bits per heavy atom. The summed E-state index contributed by atoms with van der Waals surface area (Å²) in [7, 11) is 0. The van der Waals surface area contributed by atoms with Crippen molar-refractivity contribution in [3.63, 3.8) is 0 Å². The van der Waals surface area contributed by atoms with Gasteiger partial charge in [-0.2, -0.15) is 0 Å². The lowest BCUT2D eigenvalue weighted by Crippen LogP contribution is -2.52. The first-order valence-corrected chi connectivity index (χ1v) is 9.63. The van der Waals surface area contributed by atoms with Crippen LogP contribution in [0, 0.1) is 0 Å². The molecule has 0 spiro atoms. The number of para-hydroxylation sites is 1. The van der Waals surface area contributed by atoms with E-state index in [1.54, 1.807) is 0 Å². The van der Waals surface area contributed by atoms with Crippen molar-refractivity contribution in [1.82, 2.24) is 4.90 Å². The highest BCUT2D eigenvalue weighted by Gasteiger charge is 2.40. The van der Waals surface area contributed by atoms with Crippen molar-refractivity contribution < 1.29 is 4.79 Å². The molecule has 2 aromatic rings. The van der Waals surface area contributed by atoms with Crippen molar-refractivity contribution in [3.8, 4) is 0 Å². The largest absolute Gasteiger partial charge is 0.326 e. The number of benzene rings is 2. The number of likely N-dealkylation sites (tertiary alicyclic amines) is 1. The Morgan fingerprint density at radius 1 is 1.00 bits per heavy atom. The van der Waals surface area contributed by atoms with Crippen LogP contribution in [0.15, 0.2) is 54.6 Å². The molecule has 1 unspecified atom stereocenters. The number of rotatable bonds is 3. The number of piperidine rings is 1. The number of nitrogens with two attached hydrogens (primary N) is 1. The molecule has 0 saturated carbocycles. The Labute approximate surface area is 171 Å². The zero-order chi connectivity index (χ0) is 18.1. The third-order valence-corrected chi connectivity index (χ3v) is 5.94. The molecule has 0 aliphatic carbocycles. The molecule has 0 radical (unpaired) electrons. The average molecular weight is 406 g/mol. The maximum atomic E-state index is 13.2. The molecule has 2 N–H and O–H groups in total. The maximum absolute atomic E-state index is 13.2. The van der Waals surface area contributed by atoms with Gasteiger partial charge < -0.3 is 10.6 Å². The van der Waals surface area contributed by atoms with E-state index in [-0.39, 0.29) is 36.3 Å². The fourth-order valence-electron chi connectivity index (χ4n) is 4.27. The van der Waals surface area contributed by atoms with Crippen LogP contribution in [-0.4, -0.2) is 42.5 Å². The van der Waals surface area contributed by atoms with Crippen LogP contribution in [0.3, 0.4) is 0 Å². The van der Waals surface area contributed by atoms with Crippen LogP contribution in [0.4, 0.5) is 5.69 Å². The minimum atomic E-state index is -0.111. The molecule has 2 aliphatic heterocycles. The van der Waals surface area contributed by atoms with Gasteiger partial charge in [0.1, 0.15) is 0 Å². The highest BCUT2D eigenvalue weighted by Crippen LogP contribution is 2.33. The Balaban J connectivity index is 0.00000210. The van der Waals surface area contributed by atoms with Crippen molar-refractivity contribution in [2.24, 2.45) is 5.73 Å². The summed E-state index contributed by atoms with van der Waals surface area (Å²) in [5.41, 5.74) is 8.51. The molecule has 2 fully saturated rings. The van der Waals surface area contributed by atoms with Gasteiger partial charge in [0, 0.05) is 31.6 Å². The van der Waals surface area contributed by atoms with Gasteiger partial charge in [-0.3, -0.25) is 9.69 Å². The molecule has 2 aliphatic rings. The fourth-order valence-corrected chi connectivity index (χ4v) is 4.51. The Bertz CT molecular complexity index is 786. The molecule has 27 heavy (non-hydrogen) atoms. The average Bonchev–Trinajstić information content (AvgIpc) is 3.05. The molecule has 4 rings (SSSR count). The first-order valence-electron chi connectivity index (χ1n) is 9.25. The smallest absolute Gasteiger partial charge is 0.244 e. The molecular formula is C21H25Cl2N3O. The van der Waals surface area contributed by atoms with Crippen molar-refractivity contribution >= 4 is 35.6 Å². The molecule has 2 aromatic carbocycles. The third-order valence-electron chi connectivity index (χ3n) is 5.62. The van der Waals surface area contributed by atoms with Crippen LogP contribution in [0.25, 0.3) is 0 Å². The molecule has 3 atom stereocenters. The van der Waals surface area contributed by atoms with E-state index in [9.17, 15) is 4.79 Å². The number of carbonyl (C=O) groups excluding carboxylic acids is 1. The molecule has 144 valence electrons. The summed E-state index contributed by atoms with van der Waals surface area (Å²) in [5, 5.41) is 0.627. The lowest BCUT2D eigenvalue weighted by atomic mass is 9.95. The van der Waals surface area contributed by atoms with E-state index >= 15 is 0 Å². The van der Waals surface area contributed by atoms with Crippen molar-refractivity contribution in [1.29, 1.82) is 0 Å². The van der Waals surface area contributed by atoms with E-state index < -0.39 is 0 Å². The molecule has 6 heteroatoms. The first kappa shape index (κ1) is 20.2. The molecule has 0 aromatic heterocycles. The quantitative estimate of drug-likeness (QED) is 0.846. The van der Waals surface area contributed by atoms with E-state index in [1.165, 1.54) is 5.56 Å². The van der Waals surface area contributed by atoms with Gasteiger partial charge in [-0.05, 0) is 30.5 Å². The van der Waals surface area contributed by atoms with Gasteiger partial charge in [0.2, 0.25) is 5.91 Å². The van der Waals surface area contributed by atoms with Crippen LogP contribution in [-0.2, 0) is 4.79 Å². The van der Waals surface area contributed by atoms with E-state index in [4.69, 9.17) is 17.3 Å². The predicted molar refractivity (Wildman–Crippen MR) is 113 cm³/mol. The Hall–Kier alpha value is -1.59. The van der Waals surface area contributed by atoms with E-state index in [2.05, 4.69) is 29.2 Å². The minimum absolute atomic E-state index is 0. The Kier molecular flexibility index (Phi) is 6.43. The summed E-state index contributed by atoms with van der Waals surface area (Å²) in [6.07, 6.45) is 1.86. The second-order valence-electron chi connectivity index (χ2n) is 7.23. The van der Waals surface area contributed by atoms with Gasteiger partial charge in [-0.25, -0.2) is 0 Å². The van der Waals surface area contributed by atoms with E-state index in [0.29, 0.717) is 5.02 Å². The lowest BCUT2D eigenvalue weighted by Gasteiger charge is -2.37. The van der Waals surface area contributed by atoms with Crippen molar-refractivity contribution in [3.05, 3.63) is 65.2 Å². The van der Waals surface area contributed by atoms with Crippen LogP contribution < -0.4 is 10.6 Å². The number of carbonyl (C=O) groups is 1. The van der Waals surface area contributed by atoms with Gasteiger partial charge in [0.25, 0.3) is 0 Å². The summed E-state index contributed by atoms with van der Waals surface area (Å²) >= 11 is 6.33.